The van der Waals surface area contributed by atoms with Crippen molar-refractivity contribution in [3.8, 4) is 0 Å². The summed E-state index contributed by atoms with van der Waals surface area (Å²) in [6.07, 6.45) is -1.48. The van der Waals surface area contributed by atoms with Crippen molar-refractivity contribution in [3.05, 3.63) is 35.9 Å². The molecule has 4 nitrogen and oxygen atoms in total. The van der Waals surface area contributed by atoms with E-state index in [2.05, 4.69) is 0 Å². The van der Waals surface area contributed by atoms with E-state index in [0.717, 1.165) is 7.05 Å². The van der Waals surface area contributed by atoms with Crippen LogP contribution >= 0.6 is 0 Å². The molecule has 0 aliphatic carbocycles. The normalized spacial score (nSPS) is 16.1. The van der Waals surface area contributed by atoms with Crippen LogP contribution in [0, 0.1) is 0 Å². The van der Waals surface area contributed by atoms with Crippen LogP contribution in [0.3, 0.4) is 0 Å². The highest BCUT2D eigenvalue weighted by molar-refractivity contribution is 7.83. The fraction of sp³-hybridized carbons (Fsp3) is 0.400. The molecular formula is C10H14FNO3S. The number of alkyl halides is 1. The van der Waals surface area contributed by atoms with Gasteiger partial charge in [-0.05, 0) is 12.5 Å². The van der Waals surface area contributed by atoms with Gasteiger partial charge in [0.15, 0.2) is 0 Å². The van der Waals surface area contributed by atoms with E-state index in [-0.39, 0.29) is 0 Å². The van der Waals surface area contributed by atoms with Gasteiger partial charge in [0.1, 0.15) is 6.17 Å². The summed E-state index contributed by atoms with van der Waals surface area (Å²) in [5.41, 5.74) is 0.380. The molecule has 0 saturated carbocycles. The fourth-order valence-corrected chi connectivity index (χ4v) is 1.84. The molecule has 0 spiro atoms. The summed E-state index contributed by atoms with van der Waals surface area (Å²) < 4.78 is 44.9. The van der Waals surface area contributed by atoms with E-state index in [1.807, 2.05) is 0 Å². The van der Waals surface area contributed by atoms with Gasteiger partial charge in [-0.15, -0.1) is 0 Å². The standard InChI is InChI=1S/C10H14FNO3S/c1-8(12(2)16(13,14)15)10(11)9-6-4-3-5-7-9/h3-8,10H,1-2H3,(H,13,14,15)/t8-,10-/m0/s1. The second kappa shape index (κ2) is 4.90. The van der Waals surface area contributed by atoms with Gasteiger partial charge in [-0.25, -0.2) is 4.39 Å². The zero-order valence-electron chi connectivity index (χ0n) is 9.04. The molecule has 0 aliphatic rings. The Morgan fingerprint density at radius 2 is 1.81 bits per heavy atom. The van der Waals surface area contributed by atoms with Gasteiger partial charge in [0.2, 0.25) is 0 Å². The van der Waals surface area contributed by atoms with E-state index in [9.17, 15) is 12.8 Å². The minimum absolute atomic E-state index is 0.380. The molecule has 0 aliphatic heterocycles. The van der Waals surface area contributed by atoms with Crippen LogP contribution in [-0.2, 0) is 10.3 Å². The molecule has 1 N–H and O–H groups in total. The van der Waals surface area contributed by atoms with Crippen LogP contribution in [0.2, 0.25) is 0 Å². The second-order valence-electron chi connectivity index (χ2n) is 3.55. The highest BCUT2D eigenvalue weighted by Crippen LogP contribution is 2.24. The van der Waals surface area contributed by atoms with Crippen LogP contribution in [0.4, 0.5) is 4.39 Å². The Balaban J connectivity index is 2.87. The molecule has 16 heavy (non-hydrogen) atoms. The molecule has 0 bridgehead atoms. The summed E-state index contributed by atoms with van der Waals surface area (Å²) in [5.74, 6) is 0. The third-order valence-corrected chi connectivity index (χ3v) is 3.54. The molecule has 0 saturated heterocycles. The van der Waals surface area contributed by atoms with E-state index in [0.29, 0.717) is 9.87 Å². The number of likely N-dealkylation sites (N-methyl/N-ethyl adjacent to an activating group) is 1. The minimum atomic E-state index is -4.36. The lowest BCUT2D eigenvalue weighted by atomic mass is 10.1. The Hall–Kier alpha value is -0.980. The van der Waals surface area contributed by atoms with E-state index < -0.39 is 22.5 Å². The second-order valence-corrected chi connectivity index (χ2v) is 5.02. The van der Waals surface area contributed by atoms with E-state index in [1.54, 1.807) is 30.3 Å². The molecule has 0 fully saturated rings. The quantitative estimate of drug-likeness (QED) is 0.826. The van der Waals surface area contributed by atoms with Crippen molar-refractivity contribution in [2.45, 2.75) is 19.1 Å². The van der Waals surface area contributed by atoms with Crippen molar-refractivity contribution >= 4 is 10.3 Å². The maximum Gasteiger partial charge on any atom is 0.336 e. The maximum absolute atomic E-state index is 13.9. The first-order valence-corrected chi connectivity index (χ1v) is 6.13. The molecule has 0 amide bonds. The van der Waals surface area contributed by atoms with Gasteiger partial charge in [0, 0.05) is 7.05 Å². The Labute approximate surface area is 94.6 Å². The number of rotatable bonds is 4. The molecule has 1 aromatic carbocycles. The van der Waals surface area contributed by atoms with E-state index in [4.69, 9.17) is 4.55 Å². The molecule has 2 atom stereocenters. The molecule has 90 valence electrons. The number of benzene rings is 1. The zero-order valence-corrected chi connectivity index (χ0v) is 9.86. The van der Waals surface area contributed by atoms with Crippen LogP contribution in [0.1, 0.15) is 18.7 Å². The summed E-state index contributed by atoms with van der Waals surface area (Å²) in [4.78, 5) is 0. The Kier molecular flexibility index (Phi) is 4.01. The molecule has 1 aromatic rings. The van der Waals surface area contributed by atoms with Crippen LogP contribution in [0.25, 0.3) is 0 Å². The van der Waals surface area contributed by atoms with Gasteiger partial charge in [-0.2, -0.15) is 12.7 Å². The summed E-state index contributed by atoms with van der Waals surface area (Å²) >= 11 is 0. The van der Waals surface area contributed by atoms with Gasteiger partial charge in [-0.3, -0.25) is 4.55 Å². The summed E-state index contributed by atoms with van der Waals surface area (Å²) in [7, 11) is -3.23. The van der Waals surface area contributed by atoms with Crippen molar-refractivity contribution in [3.63, 3.8) is 0 Å². The SMILES string of the molecule is C[C@@H]([C@H](F)c1ccccc1)N(C)S(=O)(=O)O. The molecule has 0 heterocycles. The van der Waals surface area contributed by atoms with Gasteiger partial charge in [0.25, 0.3) is 0 Å². The van der Waals surface area contributed by atoms with Crippen molar-refractivity contribution < 1.29 is 17.4 Å². The lowest BCUT2D eigenvalue weighted by Crippen LogP contribution is -2.37. The lowest BCUT2D eigenvalue weighted by Gasteiger charge is -2.24. The van der Waals surface area contributed by atoms with E-state index in [1.165, 1.54) is 6.92 Å². The predicted molar refractivity (Wildman–Crippen MR) is 59.1 cm³/mol. The van der Waals surface area contributed by atoms with Crippen LogP contribution < -0.4 is 0 Å². The molecule has 0 radical (unpaired) electrons. The zero-order chi connectivity index (χ0) is 12.3. The molecule has 0 unspecified atom stereocenters. The highest BCUT2D eigenvalue weighted by Gasteiger charge is 2.28. The van der Waals surface area contributed by atoms with Crippen LogP contribution in [-0.4, -0.2) is 30.4 Å². The Morgan fingerprint density at radius 1 is 1.31 bits per heavy atom. The first kappa shape index (κ1) is 13.1. The summed E-state index contributed by atoms with van der Waals surface area (Å²) in [6, 6.07) is 7.26. The van der Waals surface area contributed by atoms with Crippen molar-refractivity contribution in [2.24, 2.45) is 0 Å². The Morgan fingerprint density at radius 3 is 2.25 bits per heavy atom. The first-order valence-electron chi connectivity index (χ1n) is 4.73. The largest absolute Gasteiger partial charge is 0.336 e. The van der Waals surface area contributed by atoms with Crippen molar-refractivity contribution in [1.82, 2.24) is 4.31 Å². The van der Waals surface area contributed by atoms with Crippen molar-refractivity contribution in [1.29, 1.82) is 0 Å². The lowest BCUT2D eigenvalue weighted by molar-refractivity contribution is 0.202. The smallest absolute Gasteiger partial charge is 0.273 e. The summed E-state index contributed by atoms with van der Waals surface area (Å²) in [6.45, 7) is 1.39. The monoisotopic (exact) mass is 247 g/mol. The minimum Gasteiger partial charge on any atom is -0.273 e. The number of hydrogen-bond donors (Lipinski definition) is 1. The van der Waals surface area contributed by atoms with E-state index >= 15 is 0 Å². The summed E-state index contributed by atoms with van der Waals surface area (Å²) in [5, 5.41) is 0. The van der Waals surface area contributed by atoms with Crippen LogP contribution in [0.5, 0.6) is 0 Å². The average molecular weight is 247 g/mol. The molecule has 0 aromatic heterocycles. The van der Waals surface area contributed by atoms with Gasteiger partial charge in [-0.1, -0.05) is 30.3 Å². The highest BCUT2D eigenvalue weighted by atomic mass is 32.2. The number of halogens is 1. The number of hydrogen-bond acceptors (Lipinski definition) is 2. The fourth-order valence-electron chi connectivity index (χ4n) is 1.31. The molecule has 6 heteroatoms. The predicted octanol–water partition coefficient (Wildman–Crippen LogP) is 1.82. The Bertz CT molecular complexity index is 435. The average Bonchev–Trinajstić information content (AvgIpc) is 2.26. The van der Waals surface area contributed by atoms with Crippen molar-refractivity contribution in [2.75, 3.05) is 7.05 Å². The molecular weight excluding hydrogens is 233 g/mol. The topological polar surface area (TPSA) is 57.6 Å². The molecule has 1 rings (SSSR count). The third kappa shape index (κ3) is 3.01. The number of nitrogens with zero attached hydrogens (tertiary/aromatic N) is 1. The van der Waals surface area contributed by atoms with Gasteiger partial charge in [0.05, 0.1) is 6.04 Å². The third-order valence-electron chi connectivity index (χ3n) is 2.48. The van der Waals surface area contributed by atoms with Crippen LogP contribution in [0.15, 0.2) is 30.3 Å². The van der Waals surface area contributed by atoms with Gasteiger partial charge < -0.3 is 0 Å². The van der Waals surface area contributed by atoms with Gasteiger partial charge >= 0.3 is 10.3 Å². The first-order chi connectivity index (χ1) is 7.34. The maximum atomic E-state index is 13.9.